The fourth-order valence-corrected chi connectivity index (χ4v) is 5.31. The topological polar surface area (TPSA) is 59.5 Å². The van der Waals surface area contributed by atoms with Gasteiger partial charge in [-0.1, -0.05) is 18.6 Å². The second-order valence-corrected chi connectivity index (χ2v) is 9.87. The SMILES string of the molecule is CC(=O)N1CCN(C[C@]2(O)CCN(Cc3cccc(OCCN4CCCCC4)c3)C2)CC1. The minimum atomic E-state index is -0.666. The summed E-state index contributed by atoms with van der Waals surface area (Å²) >= 11 is 0. The van der Waals surface area contributed by atoms with Crippen LogP contribution < -0.4 is 4.74 Å². The lowest BCUT2D eigenvalue weighted by molar-refractivity contribution is -0.130. The zero-order chi connectivity index (χ0) is 22.4. The van der Waals surface area contributed by atoms with Crippen molar-refractivity contribution in [3.63, 3.8) is 0 Å². The average Bonchev–Trinajstić information content (AvgIpc) is 3.15. The monoisotopic (exact) mass is 444 g/mol. The molecular weight excluding hydrogens is 404 g/mol. The Morgan fingerprint density at radius 1 is 1.00 bits per heavy atom. The van der Waals surface area contributed by atoms with Gasteiger partial charge in [-0.3, -0.25) is 19.5 Å². The van der Waals surface area contributed by atoms with Crippen molar-refractivity contribution in [3.8, 4) is 5.75 Å². The van der Waals surface area contributed by atoms with Crippen molar-refractivity contribution in [1.29, 1.82) is 0 Å². The van der Waals surface area contributed by atoms with Gasteiger partial charge in [-0.05, 0) is 50.0 Å². The molecule has 3 aliphatic heterocycles. The zero-order valence-corrected chi connectivity index (χ0v) is 19.7. The number of β-amino-alcohol motifs (C(OH)–C–C–N with tert-alkyl or cyclic N) is 1. The number of piperazine rings is 1. The minimum Gasteiger partial charge on any atom is -0.492 e. The first kappa shape index (κ1) is 23.5. The fourth-order valence-electron chi connectivity index (χ4n) is 5.31. The third-order valence-corrected chi connectivity index (χ3v) is 7.18. The van der Waals surface area contributed by atoms with Gasteiger partial charge in [-0.15, -0.1) is 0 Å². The van der Waals surface area contributed by atoms with E-state index in [1.165, 1.54) is 37.9 Å². The molecule has 1 amide bonds. The lowest BCUT2D eigenvalue weighted by Gasteiger charge is -2.38. The number of rotatable bonds is 8. The number of hydrogen-bond acceptors (Lipinski definition) is 6. The molecule has 7 heteroatoms. The Morgan fingerprint density at radius 2 is 1.78 bits per heavy atom. The van der Waals surface area contributed by atoms with Gasteiger partial charge in [0.25, 0.3) is 0 Å². The molecule has 32 heavy (non-hydrogen) atoms. The van der Waals surface area contributed by atoms with Gasteiger partial charge in [-0.25, -0.2) is 0 Å². The first-order valence-electron chi connectivity index (χ1n) is 12.4. The molecule has 7 nitrogen and oxygen atoms in total. The molecule has 4 rings (SSSR count). The van der Waals surface area contributed by atoms with Gasteiger partial charge < -0.3 is 14.7 Å². The van der Waals surface area contributed by atoms with Crippen LogP contribution in [-0.4, -0.2) is 108 Å². The van der Waals surface area contributed by atoms with E-state index in [0.29, 0.717) is 13.1 Å². The maximum atomic E-state index is 11.5. The van der Waals surface area contributed by atoms with Gasteiger partial charge in [-0.2, -0.15) is 0 Å². The first-order valence-corrected chi connectivity index (χ1v) is 12.4. The molecule has 0 bridgehead atoms. The number of amides is 1. The Hall–Kier alpha value is -1.67. The number of carbonyl (C=O) groups excluding carboxylic acids is 1. The third kappa shape index (κ3) is 6.67. The molecular formula is C25H40N4O3. The van der Waals surface area contributed by atoms with Crippen LogP contribution in [0.25, 0.3) is 0 Å². The third-order valence-electron chi connectivity index (χ3n) is 7.18. The molecule has 3 heterocycles. The van der Waals surface area contributed by atoms with E-state index in [1.54, 1.807) is 6.92 Å². The van der Waals surface area contributed by atoms with Gasteiger partial charge in [0.15, 0.2) is 0 Å². The Kier molecular flexibility index (Phi) is 8.05. The summed E-state index contributed by atoms with van der Waals surface area (Å²) in [5, 5.41) is 11.2. The van der Waals surface area contributed by atoms with Crippen LogP contribution in [0.1, 0.15) is 38.2 Å². The summed E-state index contributed by atoms with van der Waals surface area (Å²) in [7, 11) is 0. The van der Waals surface area contributed by atoms with Crippen LogP contribution in [0.5, 0.6) is 5.75 Å². The van der Waals surface area contributed by atoms with Crippen LogP contribution >= 0.6 is 0 Å². The van der Waals surface area contributed by atoms with Crippen molar-refractivity contribution in [2.45, 2.75) is 44.8 Å². The number of ether oxygens (including phenoxy) is 1. The smallest absolute Gasteiger partial charge is 0.219 e. The molecule has 0 aliphatic carbocycles. The van der Waals surface area contributed by atoms with Crippen molar-refractivity contribution in [3.05, 3.63) is 29.8 Å². The number of carbonyl (C=O) groups is 1. The second-order valence-electron chi connectivity index (χ2n) is 9.87. The molecule has 3 saturated heterocycles. The molecule has 1 aromatic rings. The van der Waals surface area contributed by atoms with E-state index in [9.17, 15) is 9.90 Å². The molecule has 0 spiro atoms. The van der Waals surface area contributed by atoms with Crippen LogP contribution in [-0.2, 0) is 11.3 Å². The fraction of sp³-hybridized carbons (Fsp3) is 0.720. The number of piperidine rings is 1. The molecule has 178 valence electrons. The van der Waals surface area contributed by atoms with Crippen LogP contribution in [0.15, 0.2) is 24.3 Å². The van der Waals surface area contributed by atoms with E-state index in [1.807, 2.05) is 11.0 Å². The minimum absolute atomic E-state index is 0.146. The highest BCUT2D eigenvalue weighted by atomic mass is 16.5. The molecule has 3 aliphatic rings. The van der Waals surface area contributed by atoms with E-state index in [4.69, 9.17) is 4.74 Å². The van der Waals surface area contributed by atoms with E-state index >= 15 is 0 Å². The van der Waals surface area contributed by atoms with Crippen molar-refractivity contribution >= 4 is 5.91 Å². The summed E-state index contributed by atoms with van der Waals surface area (Å²) in [6.45, 7) is 12.1. The molecule has 0 radical (unpaired) electrons. The predicted octanol–water partition coefficient (Wildman–Crippen LogP) is 1.65. The summed E-state index contributed by atoms with van der Waals surface area (Å²) in [4.78, 5) is 20.6. The highest BCUT2D eigenvalue weighted by molar-refractivity contribution is 5.73. The van der Waals surface area contributed by atoms with E-state index < -0.39 is 5.60 Å². The number of likely N-dealkylation sites (tertiary alicyclic amines) is 2. The Labute approximate surface area is 192 Å². The van der Waals surface area contributed by atoms with Crippen LogP contribution in [0, 0.1) is 0 Å². The number of hydrogen-bond donors (Lipinski definition) is 1. The lowest BCUT2D eigenvalue weighted by Crippen LogP contribution is -2.53. The van der Waals surface area contributed by atoms with Crippen LogP contribution in [0.4, 0.5) is 0 Å². The maximum Gasteiger partial charge on any atom is 0.219 e. The van der Waals surface area contributed by atoms with E-state index in [2.05, 4.69) is 32.9 Å². The van der Waals surface area contributed by atoms with Crippen molar-refractivity contribution < 1.29 is 14.6 Å². The standard InChI is InChI=1S/C25H40N4O3/c1-22(30)29-14-12-27(13-15-29)20-25(31)8-11-28(21-25)19-23-6-5-7-24(18-23)32-17-16-26-9-3-2-4-10-26/h5-7,18,31H,2-4,8-17,19-21H2,1H3/t25-/m1/s1. The molecule has 0 unspecified atom stereocenters. The lowest BCUT2D eigenvalue weighted by atomic mass is 10.0. The molecule has 1 N–H and O–H groups in total. The van der Waals surface area contributed by atoms with Gasteiger partial charge in [0, 0.05) is 65.8 Å². The molecule has 0 aromatic heterocycles. The summed E-state index contributed by atoms with van der Waals surface area (Å²) in [5.74, 6) is 1.09. The average molecular weight is 445 g/mol. The molecule has 0 saturated carbocycles. The van der Waals surface area contributed by atoms with Crippen LogP contribution in [0.2, 0.25) is 0 Å². The molecule has 3 fully saturated rings. The van der Waals surface area contributed by atoms with Gasteiger partial charge in [0.05, 0.1) is 5.60 Å². The summed E-state index contributed by atoms with van der Waals surface area (Å²) < 4.78 is 6.04. The van der Waals surface area contributed by atoms with Crippen molar-refractivity contribution in [2.75, 3.05) is 72.1 Å². The normalized spacial score (nSPS) is 25.9. The Morgan fingerprint density at radius 3 is 2.53 bits per heavy atom. The summed E-state index contributed by atoms with van der Waals surface area (Å²) in [6.07, 6.45) is 4.78. The van der Waals surface area contributed by atoms with Crippen molar-refractivity contribution in [2.24, 2.45) is 0 Å². The first-order chi connectivity index (χ1) is 15.5. The van der Waals surface area contributed by atoms with E-state index in [0.717, 1.165) is 64.6 Å². The van der Waals surface area contributed by atoms with Gasteiger partial charge in [0.2, 0.25) is 5.91 Å². The summed E-state index contributed by atoms with van der Waals surface area (Å²) in [5.41, 5.74) is 0.570. The Bertz CT molecular complexity index is 746. The largest absolute Gasteiger partial charge is 0.492 e. The quantitative estimate of drug-likeness (QED) is 0.658. The maximum absolute atomic E-state index is 11.5. The van der Waals surface area contributed by atoms with Gasteiger partial charge >= 0.3 is 0 Å². The van der Waals surface area contributed by atoms with E-state index in [-0.39, 0.29) is 5.91 Å². The highest BCUT2D eigenvalue weighted by Gasteiger charge is 2.38. The molecule has 1 atom stereocenters. The number of aliphatic hydroxyl groups is 1. The van der Waals surface area contributed by atoms with Crippen LogP contribution in [0.3, 0.4) is 0 Å². The second kappa shape index (κ2) is 11.0. The molecule has 1 aromatic carbocycles. The Balaban J connectivity index is 1.21. The van der Waals surface area contributed by atoms with Crippen molar-refractivity contribution in [1.82, 2.24) is 19.6 Å². The van der Waals surface area contributed by atoms with Gasteiger partial charge in [0.1, 0.15) is 12.4 Å². The highest BCUT2D eigenvalue weighted by Crippen LogP contribution is 2.25. The zero-order valence-electron chi connectivity index (χ0n) is 19.7. The predicted molar refractivity (Wildman–Crippen MR) is 126 cm³/mol. The summed E-state index contributed by atoms with van der Waals surface area (Å²) in [6, 6.07) is 8.41. The number of benzene rings is 1. The number of nitrogens with zero attached hydrogens (tertiary/aromatic N) is 4.